The van der Waals surface area contributed by atoms with Crippen LogP contribution >= 0.6 is 0 Å². The number of hydrogen-bond donors (Lipinski definition) is 2. The summed E-state index contributed by atoms with van der Waals surface area (Å²) in [6, 6.07) is 5.63. The van der Waals surface area contributed by atoms with Crippen molar-refractivity contribution >= 4 is 5.96 Å². The van der Waals surface area contributed by atoms with Crippen LogP contribution < -0.4 is 20.1 Å². The number of aliphatic imine (C=N–C) groups is 1. The maximum Gasteiger partial charge on any atom is 0.387 e. The molecule has 158 valence electrons. The van der Waals surface area contributed by atoms with E-state index in [0.29, 0.717) is 18.5 Å². The number of nitrogens with zero attached hydrogens (tertiary/aromatic N) is 2. The molecule has 0 saturated carbocycles. The minimum Gasteiger partial charge on any atom is -0.493 e. The molecule has 1 saturated heterocycles. The van der Waals surface area contributed by atoms with E-state index in [1.165, 1.54) is 32.9 Å². The maximum atomic E-state index is 12.5. The Morgan fingerprint density at radius 2 is 2.11 bits per heavy atom. The molecule has 1 unspecified atom stereocenters. The number of rotatable bonds is 9. The highest BCUT2D eigenvalue weighted by Gasteiger charge is 2.17. The second kappa shape index (κ2) is 11.7. The predicted molar refractivity (Wildman–Crippen MR) is 107 cm³/mol. The molecular weight excluding hydrogens is 366 g/mol. The van der Waals surface area contributed by atoms with Crippen molar-refractivity contribution in [3.05, 3.63) is 23.8 Å². The quantitative estimate of drug-likeness (QED) is 0.380. The third-order valence-electron chi connectivity index (χ3n) is 4.98. The average molecular weight is 398 g/mol. The second-order valence-electron chi connectivity index (χ2n) is 6.95. The van der Waals surface area contributed by atoms with E-state index in [-0.39, 0.29) is 11.5 Å². The first-order chi connectivity index (χ1) is 13.5. The first-order valence-corrected chi connectivity index (χ1v) is 9.83. The van der Waals surface area contributed by atoms with Gasteiger partial charge in [-0.15, -0.1) is 0 Å². The van der Waals surface area contributed by atoms with E-state index in [1.807, 2.05) is 0 Å². The summed E-state index contributed by atoms with van der Waals surface area (Å²) >= 11 is 0. The molecule has 1 fully saturated rings. The van der Waals surface area contributed by atoms with Gasteiger partial charge in [0, 0.05) is 32.7 Å². The fourth-order valence-corrected chi connectivity index (χ4v) is 3.40. The molecule has 6 nitrogen and oxygen atoms in total. The molecule has 1 aromatic rings. The average Bonchev–Trinajstić information content (AvgIpc) is 2.68. The Morgan fingerprint density at radius 3 is 2.79 bits per heavy atom. The summed E-state index contributed by atoms with van der Waals surface area (Å²) in [6.07, 6.45) is 4.96. The number of likely N-dealkylation sites (tertiary alicyclic amines) is 1. The molecule has 1 aliphatic rings. The number of hydrogen-bond acceptors (Lipinski definition) is 4. The molecular formula is C20H32F2N4O2. The van der Waals surface area contributed by atoms with Crippen molar-refractivity contribution in [1.82, 2.24) is 15.5 Å². The van der Waals surface area contributed by atoms with E-state index in [1.54, 1.807) is 25.2 Å². The van der Waals surface area contributed by atoms with Crippen LogP contribution in [0.15, 0.2) is 23.2 Å². The first kappa shape index (κ1) is 22.2. The molecule has 28 heavy (non-hydrogen) atoms. The summed E-state index contributed by atoms with van der Waals surface area (Å²) in [6.45, 7) is 2.94. The number of benzene rings is 1. The second-order valence-corrected chi connectivity index (χ2v) is 6.95. The van der Waals surface area contributed by atoms with Crippen LogP contribution in [0.2, 0.25) is 0 Å². The van der Waals surface area contributed by atoms with Gasteiger partial charge in [-0.2, -0.15) is 8.78 Å². The number of ether oxygens (including phenoxy) is 2. The first-order valence-electron chi connectivity index (χ1n) is 9.83. The SMILES string of the molecule is CN=C(NCCCN1CCCCC1C)NCc1ccc(OC)c(OC(F)F)c1. The zero-order chi connectivity index (χ0) is 20.4. The Balaban J connectivity index is 1.77. The van der Waals surface area contributed by atoms with Crippen LogP contribution in [0.25, 0.3) is 0 Å². The summed E-state index contributed by atoms with van der Waals surface area (Å²) in [7, 11) is 3.13. The fourth-order valence-electron chi connectivity index (χ4n) is 3.40. The van der Waals surface area contributed by atoms with E-state index in [0.717, 1.165) is 25.1 Å². The number of alkyl halides is 2. The highest BCUT2D eigenvalue weighted by molar-refractivity contribution is 5.79. The smallest absolute Gasteiger partial charge is 0.387 e. The van der Waals surface area contributed by atoms with E-state index in [4.69, 9.17) is 4.74 Å². The number of piperidine rings is 1. The van der Waals surface area contributed by atoms with Crippen molar-refractivity contribution in [1.29, 1.82) is 0 Å². The molecule has 0 aliphatic carbocycles. The molecule has 2 N–H and O–H groups in total. The van der Waals surface area contributed by atoms with Gasteiger partial charge in [-0.05, 0) is 50.4 Å². The lowest BCUT2D eigenvalue weighted by molar-refractivity contribution is -0.0512. The van der Waals surface area contributed by atoms with Crippen molar-refractivity contribution in [2.24, 2.45) is 4.99 Å². The van der Waals surface area contributed by atoms with E-state index in [2.05, 4.69) is 32.2 Å². The standard InChI is InChI=1S/C20H32F2N4O2/c1-15-7-4-5-11-26(15)12-6-10-24-20(23-2)25-14-16-8-9-17(27-3)18(13-16)28-19(21)22/h8-9,13,15,19H,4-7,10-12,14H2,1-3H3,(H2,23,24,25). The van der Waals surface area contributed by atoms with E-state index < -0.39 is 6.61 Å². The molecule has 0 spiro atoms. The molecule has 2 rings (SSSR count). The molecule has 0 amide bonds. The van der Waals surface area contributed by atoms with Crippen LogP contribution in [-0.2, 0) is 6.54 Å². The zero-order valence-electron chi connectivity index (χ0n) is 17.0. The van der Waals surface area contributed by atoms with Gasteiger partial charge in [0.1, 0.15) is 0 Å². The van der Waals surface area contributed by atoms with E-state index >= 15 is 0 Å². The minimum absolute atomic E-state index is 0.0235. The van der Waals surface area contributed by atoms with Gasteiger partial charge in [0.25, 0.3) is 0 Å². The normalized spacial score (nSPS) is 18.2. The van der Waals surface area contributed by atoms with Crippen LogP contribution in [-0.4, -0.2) is 57.3 Å². The lowest BCUT2D eigenvalue weighted by Crippen LogP contribution is -2.41. The molecule has 1 aromatic carbocycles. The topological polar surface area (TPSA) is 58.1 Å². The van der Waals surface area contributed by atoms with Crippen LogP contribution in [0.3, 0.4) is 0 Å². The molecule has 0 bridgehead atoms. The summed E-state index contributed by atoms with van der Waals surface area (Å²) in [5.74, 6) is 0.979. The predicted octanol–water partition coefficient (Wildman–Crippen LogP) is 3.23. The largest absolute Gasteiger partial charge is 0.493 e. The molecule has 0 aromatic heterocycles. The highest BCUT2D eigenvalue weighted by Crippen LogP contribution is 2.29. The summed E-state index contributed by atoms with van der Waals surface area (Å²) in [4.78, 5) is 6.76. The van der Waals surface area contributed by atoms with E-state index in [9.17, 15) is 8.78 Å². The summed E-state index contributed by atoms with van der Waals surface area (Å²) in [5, 5.41) is 6.49. The van der Waals surface area contributed by atoms with Gasteiger partial charge >= 0.3 is 6.61 Å². The van der Waals surface area contributed by atoms with Crippen molar-refractivity contribution in [3.63, 3.8) is 0 Å². The number of halogens is 2. The maximum absolute atomic E-state index is 12.5. The number of methoxy groups -OCH3 is 1. The number of guanidine groups is 1. The monoisotopic (exact) mass is 398 g/mol. The lowest BCUT2D eigenvalue weighted by Gasteiger charge is -2.33. The fraction of sp³-hybridized carbons (Fsp3) is 0.650. The molecule has 1 atom stereocenters. The van der Waals surface area contributed by atoms with Crippen molar-refractivity contribution < 1.29 is 18.3 Å². The highest BCUT2D eigenvalue weighted by atomic mass is 19.3. The molecule has 1 heterocycles. The van der Waals surface area contributed by atoms with Crippen molar-refractivity contribution in [3.8, 4) is 11.5 Å². The summed E-state index contributed by atoms with van der Waals surface area (Å²) in [5.41, 5.74) is 0.793. The summed E-state index contributed by atoms with van der Waals surface area (Å²) < 4.78 is 34.7. The van der Waals surface area contributed by atoms with Crippen LogP contribution in [0.5, 0.6) is 11.5 Å². The Morgan fingerprint density at radius 1 is 1.29 bits per heavy atom. The van der Waals surface area contributed by atoms with Gasteiger partial charge in [-0.3, -0.25) is 4.99 Å². The minimum atomic E-state index is -2.89. The van der Waals surface area contributed by atoms with Crippen molar-refractivity contribution in [2.75, 3.05) is 33.8 Å². The Labute approximate surface area is 166 Å². The third-order valence-corrected chi connectivity index (χ3v) is 4.98. The number of nitrogens with one attached hydrogen (secondary N) is 2. The van der Waals surface area contributed by atoms with Crippen LogP contribution in [0, 0.1) is 0 Å². The Bertz CT molecular complexity index is 628. The van der Waals surface area contributed by atoms with Gasteiger partial charge in [-0.1, -0.05) is 12.5 Å². The van der Waals surface area contributed by atoms with Crippen LogP contribution in [0.4, 0.5) is 8.78 Å². The van der Waals surface area contributed by atoms with Gasteiger partial charge in [-0.25, -0.2) is 0 Å². The van der Waals surface area contributed by atoms with Crippen molar-refractivity contribution in [2.45, 2.75) is 51.8 Å². The molecule has 0 radical (unpaired) electrons. The zero-order valence-corrected chi connectivity index (χ0v) is 17.0. The Kier molecular flexibility index (Phi) is 9.27. The van der Waals surface area contributed by atoms with Gasteiger partial charge in [0.05, 0.1) is 7.11 Å². The Hall–Kier alpha value is -2.09. The van der Waals surface area contributed by atoms with Crippen LogP contribution in [0.1, 0.15) is 38.2 Å². The third kappa shape index (κ3) is 7.14. The van der Waals surface area contributed by atoms with Gasteiger partial charge < -0.3 is 25.0 Å². The molecule has 8 heteroatoms. The van der Waals surface area contributed by atoms with Gasteiger partial charge in [0.2, 0.25) is 0 Å². The molecule has 1 aliphatic heterocycles. The van der Waals surface area contributed by atoms with Gasteiger partial charge in [0.15, 0.2) is 17.5 Å². The lowest BCUT2D eigenvalue weighted by atomic mass is 10.0.